The summed E-state index contributed by atoms with van der Waals surface area (Å²) in [5.41, 5.74) is -1.17. The summed E-state index contributed by atoms with van der Waals surface area (Å²) in [7, 11) is -4.27. The summed E-state index contributed by atoms with van der Waals surface area (Å²) in [5, 5.41) is 5.32. The van der Waals surface area contributed by atoms with Crippen LogP contribution in [0.1, 0.15) is 105 Å². The first kappa shape index (κ1) is 44.6. The van der Waals surface area contributed by atoms with Crippen LogP contribution in [0.2, 0.25) is 0 Å². The van der Waals surface area contributed by atoms with Gasteiger partial charge in [0.15, 0.2) is 0 Å². The lowest BCUT2D eigenvalue weighted by atomic mass is 9.85. The van der Waals surface area contributed by atoms with Gasteiger partial charge in [-0.3, -0.25) is 19.1 Å². The molecule has 0 unspecified atom stereocenters. The quantitative estimate of drug-likeness (QED) is 0.263. The first-order chi connectivity index (χ1) is 27.6. The number of likely N-dealkylation sites (tertiary alicyclic amines) is 1. The molecule has 11 nitrogen and oxygen atoms in total. The number of thioether (sulfide) groups is 1. The van der Waals surface area contributed by atoms with Crippen molar-refractivity contribution in [3.63, 3.8) is 0 Å². The van der Waals surface area contributed by atoms with Crippen molar-refractivity contribution < 1.29 is 41.1 Å². The molecule has 59 heavy (non-hydrogen) atoms. The molecule has 0 aromatic heterocycles. The Balaban J connectivity index is 1.42. The summed E-state index contributed by atoms with van der Waals surface area (Å²) in [5.74, 6) is -3.77. The predicted molar refractivity (Wildman–Crippen MR) is 225 cm³/mol. The van der Waals surface area contributed by atoms with E-state index in [0.29, 0.717) is 31.4 Å². The van der Waals surface area contributed by atoms with Crippen LogP contribution in [-0.4, -0.2) is 83.8 Å². The number of nitrogens with zero attached hydrogens (tertiary/aromatic N) is 1. The first-order valence-electron chi connectivity index (χ1n) is 20.5. The van der Waals surface area contributed by atoms with Crippen LogP contribution in [-0.2, 0) is 33.9 Å². The summed E-state index contributed by atoms with van der Waals surface area (Å²) >= 11 is 1.55. The number of carbonyl (C=O) groups is 4. The molecule has 2 saturated carbocycles. The zero-order valence-corrected chi connectivity index (χ0v) is 36.4. The topological polar surface area (TPSA) is 151 Å². The highest BCUT2D eigenvalue weighted by Crippen LogP contribution is 2.52. The van der Waals surface area contributed by atoms with Crippen molar-refractivity contribution in [2.75, 3.05) is 12.3 Å². The molecule has 2 bridgehead atoms. The Morgan fingerprint density at radius 2 is 1.56 bits per heavy atom. The fourth-order valence-electron chi connectivity index (χ4n) is 8.32. The molecule has 3 fully saturated rings. The maximum atomic E-state index is 15.0. The SMILES string of the molecule is CC(C)(C)OC(=O)N[C@H](C(=O)N1C[C@]2(c3ccc(-c4ccccc4)cc3)C[C@H]1C(=O)N[C@@]1(C[C@H]1C(F)F)C(=O)NS(=O)(=O)C1(CCCCC/C=C\CS2)CC1)C(C)(C)C. The number of amides is 4. The van der Waals surface area contributed by atoms with Gasteiger partial charge in [-0.05, 0) is 87.8 Å². The van der Waals surface area contributed by atoms with Gasteiger partial charge in [0.05, 0.1) is 15.4 Å². The lowest BCUT2D eigenvalue weighted by Crippen LogP contribution is -2.60. The van der Waals surface area contributed by atoms with E-state index in [1.54, 1.807) is 53.3 Å². The standard InChI is InChI=1S/C44H58F2N4O7S2/c1-40(2,3)34(47-39(54)57-41(4,5)6)37(52)50-28-43(31-20-18-30(19-21-31)29-16-12-11-13-17-29)27-33(50)36(51)48-44(26-32(44)35(45)46)38(53)49-59(55,56)42(23-24-42)22-14-9-7-8-10-15-25-58-43/h10-13,15-21,32-35H,7-9,14,22-28H2,1-6H3,(H,47,54)(H,48,51)(H,49,53)/b15-10-/t32-,33-,34+,43-,44+/m0/s1. The van der Waals surface area contributed by atoms with Crippen LogP contribution >= 0.6 is 11.8 Å². The minimum atomic E-state index is -4.27. The van der Waals surface area contributed by atoms with Gasteiger partial charge in [-0.25, -0.2) is 22.0 Å². The molecule has 4 amide bonds. The van der Waals surface area contributed by atoms with Crippen LogP contribution in [0, 0.1) is 11.3 Å². The minimum absolute atomic E-state index is 0.00403. The van der Waals surface area contributed by atoms with Crippen LogP contribution in [0.15, 0.2) is 66.7 Å². The Kier molecular flexibility index (Phi) is 12.7. The van der Waals surface area contributed by atoms with Crippen molar-refractivity contribution in [3.8, 4) is 11.1 Å². The van der Waals surface area contributed by atoms with E-state index in [0.717, 1.165) is 36.0 Å². The van der Waals surface area contributed by atoms with Gasteiger partial charge in [-0.15, -0.1) is 11.8 Å². The second kappa shape index (κ2) is 16.8. The molecule has 5 atom stereocenters. The summed E-state index contributed by atoms with van der Waals surface area (Å²) in [4.78, 5) is 58.3. The number of carbonyl (C=O) groups excluding carboxylic acids is 4. The highest BCUT2D eigenvalue weighted by Gasteiger charge is 2.68. The van der Waals surface area contributed by atoms with E-state index in [2.05, 4.69) is 27.5 Å². The smallest absolute Gasteiger partial charge is 0.408 e. The predicted octanol–water partition coefficient (Wildman–Crippen LogP) is 7.46. The number of alkyl halides is 2. The number of fused-ring (bicyclic) bond motifs is 2. The summed E-state index contributed by atoms with van der Waals surface area (Å²) in [6.45, 7) is 10.4. The average Bonchev–Trinajstić information content (AvgIpc) is 4.07. The van der Waals surface area contributed by atoms with Crippen LogP contribution in [0.5, 0.6) is 0 Å². The third kappa shape index (κ3) is 9.82. The second-order valence-corrected chi connectivity index (χ2v) is 22.2. The highest BCUT2D eigenvalue weighted by molar-refractivity contribution is 8.00. The van der Waals surface area contributed by atoms with Gasteiger partial charge in [-0.1, -0.05) is 100 Å². The maximum absolute atomic E-state index is 15.0. The molecule has 1 saturated heterocycles. The number of hydrogen-bond acceptors (Lipinski definition) is 8. The summed E-state index contributed by atoms with van der Waals surface area (Å²) < 4.78 is 62.0. The summed E-state index contributed by atoms with van der Waals surface area (Å²) in [6, 6.07) is 15.2. The third-order valence-electron chi connectivity index (χ3n) is 12.0. The number of sulfonamides is 1. The Morgan fingerprint density at radius 1 is 0.898 bits per heavy atom. The average molecular weight is 857 g/mol. The second-order valence-electron chi connectivity index (χ2n) is 18.7. The van der Waals surface area contributed by atoms with Crippen molar-refractivity contribution in [3.05, 3.63) is 72.3 Å². The molecule has 4 aliphatic rings. The number of ether oxygens (including phenoxy) is 1. The van der Waals surface area contributed by atoms with Gasteiger partial charge >= 0.3 is 6.09 Å². The van der Waals surface area contributed by atoms with Crippen molar-refractivity contribution in [1.29, 1.82) is 0 Å². The largest absolute Gasteiger partial charge is 0.444 e. The Hall–Kier alpha value is -3.98. The molecule has 2 heterocycles. The van der Waals surface area contributed by atoms with Crippen molar-refractivity contribution >= 4 is 45.6 Å². The van der Waals surface area contributed by atoms with E-state index in [1.807, 2.05) is 54.6 Å². The van der Waals surface area contributed by atoms with E-state index in [-0.39, 0.29) is 13.0 Å². The molecule has 0 radical (unpaired) electrons. The fraction of sp³-hybridized carbons (Fsp3) is 0.591. The van der Waals surface area contributed by atoms with Crippen molar-refractivity contribution in [2.45, 2.75) is 138 Å². The Labute approximate surface area is 351 Å². The van der Waals surface area contributed by atoms with Gasteiger partial charge in [-0.2, -0.15) is 0 Å². The third-order valence-corrected chi connectivity index (χ3v) is 15.7. The molecular formula is C44H58F2N4O7S2. The van der Waals surface area contributed by atoms with Crippen molar-refractivity contribution in [2.24, 2.45) is 11.3 Å². The number of benzene rings is 2. The van der Waals surface area contributed by atoms with Crippen LogP contribution in [0.3, 0.4) is 0 Å². The van der Waals surface area contributed by atoms with Crippen LogP contribution in [0.4, 0.5) is 13.6 Å². The number of halogens is 2. The molecule has 6 rings (SSSR count). The Bertz CT molecular complexity index is 2030. The number of nitrogens with one attached hydrogen (secondary N) is 3. The van der Waals surface area contributed by atoms with Gasteiger partial charge in [0.1, 0.15) is 23.2 Å². The molecule has 2 aliphatic heterocycles. The molecule has 2 spiro atoms. The zero-order valence-electron chi connectivity index (χ0n) is 34.8. The van der Waals surface area contributed by atoms with Gasteiger partial charge in [0.25, 0.3) is 5.91 Å². The van der Waals surface area contributed by atoms with E-state index in [1.165, 1.54) is 4.90 Å². The number of allylic oxidation sites excluding steroid dienone is 1. The Morgan fingerprint density at radius 3 is 2.15 bits per heavy atom. The van der Waals surface area contributed by atoms with E-state index < -0.39 is 90.7 Å². The van der Waals surface area contributed by atoms with Crippen LogP contribution in [0.25, 0.3) is 11.1 Å². The molecule has 3 N–H and O–H groups in total. The van der Waals surface area contributed by atoms with Crippen LogP contribution < -0.4 is 15.4 Å². The lowest BCUT2D eigenvalue weighted by Gasteiger charge is -2.36. The molecular weight excluding hydrogens is 799 g/mol. The lowest BCUT2D eigenvalue weighted by molar-refractivity contribution is -0.143. The molecule has 2 aliphatic carbocycles. The summed E-state index contributed by atoms with van der Waals surface area (Å²) in [6.07, 6.45) is 3.89. The monoisotopic (exact) mass is 856 g/mol. The molecule has 322 valence electrons. The molecule has 15 heteroatoms. The van der Waals surface area contributed by atoms with Gasteiger partial charge in [0, 0.05) is 12.3 Å². The van der Waals surface area contributed by atoms with Crippen molar-refractivity contribution in [1.82, 2.24) is 20.3 Å². The van der Waals surface area contributed by atoms with Gasteiger partial charge < -0.3 is 20.3 Å². The van der Waals surface area contributed by atoms with E-state index in [9.17, 15) is 36.4 Å². The highest BCUT2D eigenvalue weighted by atomic mass is 32.2. The number of alkyl carbamates (subject to hydrolysis) is 1. The maximum Gasteiger partial charge on any atom is 0.408 e. The van der Waals surface area contributed by atoms with Gasteiger partial charge in [0.2, 0.25) is 28.3 Å². The number of rotatable bonds is 5. The zero-order chi connectivity index (χ0) is 43.0. The minimum Gasteiger partial charge on any atom is -0.444 e. The van der Waals surface area contributed by atoms with E-state index in [4.69, 9.17) is 4.74 Å². The normalized spacial score (nSPS) is 28.4. The molecule has 2 aromatic rings. The van der Waals surface area contributed by atoms with E-state index >= 15 is 0 Å². The number of hydrogen-bond donors (Lipinski definition) is 3. The molecule has 2 aromatic carbocycles. The fourth-order valence-corrected chi connectivity index (χ4v) is 11.4. The first-order valence-corrected chi connectivity index (χ1v) is 23.0.